The monoisotopic (exact) mass is 340 g/mol. The van der Waals surface area contributed by atoms with Gasteiger partial charge in [0, 0.05) is 30.9 Å². The van der Waals surface area contributed by atoms with Gasteiger partial charge in [-0.3, -0.25) is 4.79 Å². The number of carbonyl (C=O) groups is 1. The van der Waals surface area contributed by atoms with Gasteiger partial charge >= 0.3 is 0 Å². The number of ether oxygens (including phenoxy) is 3. The Balaban J connectivity index is 1.35. The molecule has 0 radical (unpaired) electrons. The summed E-state index contributed by atoms with van der Waals surface area (Å²) < 4.78 is 15.9. The number of fused-ring (bicyclic) bond motifs is 1. The first kappa shape index (κ1) is 15.8. The lowest BCUT2D eigenvalue weighted by atomic mass is 10.1. The van der Waals surface area contributed by atoms with E-state index < -0.39 is 0 Å². The number of amides is 1. The number of hydrogen-bond donors (Lipinski definition) is 1. The second-order valence-corrected chi connectivity index (χ2v) is 6.02. The molecule has 0 saturated carbocycles. The molecule has 1 amide bonds. The maximum atomic E-state index is 12.3. The Morgan fingerprint density at radius 1 is 1.00 bits per heavy atom. The molecule has 0 bridgehead atoms. The van der Waals surface area contributed by atoms with E-state index in [1.807, 2.05) is 12.1 Å². The van der Waals surface area contributed by atoms with E-state index in [9.17, 15) is 4.79 Å². The first-order valence-electron chi connectivity index (χ1n) is 8.39. The molecule has 2 heterocycles. The van der Waals surface area contributed by atoms with E-state index in [1.54, 1.807) is 18.2 Å². The fourth-order valence-corrected chi connectivity index (χ4v) is 2.97. The van der Waals surface area contributed by atoms with Crippen molar-refractivity contribution < 1.29 is 19.0 Å². The van der Waals surface area contributed by atoms with Crippen LogP contribution in [0.15, 0.2) is 42.5 Å². The average Bonchev–Trinajstić information content (AvgIpc) is 3.15. The Morgan fingerprint density at radius 3 is 2.56 bits per heavy atom. The Labute approximate surface area is 146 Å². The summed E-state index contributed by atoms with van der Waals surface area (Å²) in [6.45, 7) is 4.06. The van der Waals surface area contributed by atoms with Gasteiger partial charge in [0.05, 0.1) is 13.2 Å². The van der Waals surface area contributed by atoms with Crippen molar-refractivity contribution >= 4 is 11.6 Å². The van der Waals surface area contributed by atoms with E-state index in [2.05, 4.69) is 22.3 Å². The lowest BCUT2D eigenvalue weighted by molar-refractivity contribution is 0.0950. The van der Waals surface area contributed by atoms with Crippen LogP contribution < -0.4 is 19.7 Å². The highest BCUT2D eigenvalue weighted by molar-refractivity contribution is 5.94. The van der Waals surface area contributed by atoms with Crippen LogP contribution >= 0.6 is 0 Å². The third-order valence-electron chi connectivity index (χ3n) is 4.40. The zero-order chi connectivity index (χ0) is 17.1. The Hall–Kier alpha value is -2.73. The lowest BCUT2D eigenvalue weighted by Gasteiger charge is -2.28. The number of carbonyl (C=O) groups excluding carboxylic acids is 1. The molecule has 2 aliphatic heterocycles. The smallest absolute Gasteiger partial charge is 0.251 e. The maximum Gasteiger partial charge on any atom is 0.251 e. The quantitative estimate of drug-likeness (QED) is 0.924. The van der Waals surface area contributed by atoms with Gasteiger partial charge in [-0.15, -0.1) is 0 Å². The zero-order valence-corrected chi connectivity index (χ0v) is 13.9. The normalized spacial score (nSPS) is 15.9. The molecule has 6 nitrogen and oxygen atoms in total. The highest BCUT2D eigenvalue weighted by Gasteiger charge is 2.16. The summed E-state index contributed by atoms with van der Waals surface area (Å²) in [5.41, 5.74) is 2.81. The van der Waals surface area contributed by atoms with Crippen LogP contribution in [0.5, 0.6) is 11.5 Å². The van der Waals surface area contributed by atoms with Crippen LogP contribution in [0.25, 0.3) is 0 Å². The third-order valence-corrected chi connectivity index (χ3v) is 4.40. The van der Waals surface area contributed by atoms with Crippen molar-refractivity contribution in [2.24, 2.45) is 0 Å². The summed E-state index contributed by atoms with van der Waals surface area (Å²) in [7, 11) is 0. The molecule has 0 spiro atoms. The molecule has 0 aliphatic carbocycles. The minimum absolute atomic E-state index is 0.129. The molecular formula is C19H20N2O4. The summed E-state index contributed by atoms with van der Waals surface area (Å²) >= 11 is 0. The Kier molecular flexibility index (Phi) is 4.43. The molecule has 1 N–H and O–H groups in total. The molecule has 0 unspecified atom stereocenters. The topological polar surface area (TPSA) is 60.0 Å². The van der Waals surface area contributed by atoms with Gasteiger partial charge in [0.25, 0.3) is 5.91 Å². The van der Waals surface area contributed by atoms with Crippen molar-refractivity contribution in [1.82, 2.24) is 5.32 Å². The van der Waals surface area contributed by atoms with Gasteiger partial charge in [-0.05, 0) is 35.9 Å². The molecule has 25 heavy (non-hydrogen) atoms. The predicted octanol–water partition coefficient (Wildman–Crippen LogP) is 2.18. The van der Waals surface area contributed by atoms with E-state index in [0.717, 1.165) is 31.9 Å². The Morgan fingerprint density at radius 2 is 1.76 bits per heavy atom. The minimum Gasteiger partial charge on any atom is -0.454 e. The highest BCUT2D eigenvalue weighted by Crippen LogP contribution is 2.32. The summed E-state index contributed by atoms with van der Waals surface area (Å²) in [6.07, 6.45) is 0. The van der Waals surface area contributed by atoms with Gasteiger partial charge in [0.15, 0.2) is 11.5 Å². The number of hydrogen-bond acceptors (Lipinski definition) is 5. The molecule has 130 valence electrons. The minimum atomic E-state index is -0.129. The number of nitrogens with one attached hydrogen (secondary N) is 1. The van der Waals surface area contributed by atoms with Crippen LogP contribution in [0, 0.1) is 0 Å². The summed E-state index contributed by atoms with van der Waals surface area (Å²) in [5.74, 6) is 1.16. The number of anilines is 1. The molecular weight excluding hydrogens is 320 g/mol. The van der Waals surface area contributed by atoms with Crippen molar-refractivity contribution in [2.75, 3.05) is 38.0 Å². The lowest BCUT2D eigenvalue weighted by Crippen LogP contribution is -2.36. The Bertz CT molecular complexity index is 755. The second kappa shape index (κ2) is 7.03. The summed E-state index contributed by atoms with van der Waals surface area (Å²) in [4.78, 5) is 14.6. The van der Waals surface area contributed by atoms with Crippen LogP contribution in [0.4, 0.5) is 5.69 Å². The molecule has 1 saturated heterocycles. The van der Waals surface area contributed by atoms with Crippen LogP contribution in [-0.2, 0) is 11.3 Å². The van der Waals surface area contributed by atoms with Crippen LogP contribution in [0.2, 0.25) is 0 Å². The fraction of sp³-hybridized carbons (Fsp3) is 0.316. The van der Waals surface area contributed by atoms with Crippen molar-refractivity contribution in [3.8, 4) is 11.5 Å². The largest absolute Gasteiger partial charge is 0.454 e. The molecule has 6 heteroatoms. The zero-order valence-electron chi connectivity index (χ0n) is 13.9. The summed E-state index contributed by atoms with van der Waals surface area (Å²) in [5, 5.41) is 2.94. The fourth-order valence-electron chi connectivity index (χ4n) is 2.97. The number of rotatable bonds is 4. The van der Waals surface area contributed by atoms with Crippen molar-refractivity contribution in [1.29, 1.82) is 0 Å². The van der Waals surface area contributed by atoms with Crippen molar-refractivity contribution in [3.05, 3.63) is 53.6 Å². The van der Waals surface area contributed by atoms with Gasteiger partial charge in [0.2, 0.25) is 6.79 Å². The summed E-state index contributed by atoms with van der Waals surface area (Å²) in [6, 6.07) is 13.5. The molecule has 1 fully saturated rings. The van der Waals surface area contributed by atoms with Gasteiger partial charge in [-0.25, -0.2) is 0 Å². The SMILES string of the molecule is O=C(NCc1ccc(N2CCOCC2)cc1)c1ccc2c(c1)OCO2. The standard InChI is InChI=1S/C19H20N2O4/c22-19(15-3-6-17-18(11-15)25-13-24-17)20-12-14-1-4-16(5-2-14)21-7-9-23-10-8-21/h1-6,11H,7-10,12-13H2,(H,20,22). The second-order valence-electron chi connectivity index (χ2n) is 6.02. The van der Waals surface area contributed by atoms with Crippen molar-refractivity contribution in [2.45, 2.75) is 6.54 Å². The van der Waals surface area contributed by atoms with Gasteiger partial charge < -0.3 is 24.4 Å². The number of benzene rings is 2. The van der Waals surface area contributed by atoms with Gasteiger partial charge in [-0.2, -0.15) is 0 Å². The number of nitrogens with zero attached hydrogens (tertiary/aromatic N) is 1. The van der Waals surface area contributed by atoms with E-state index in [0.29, 0.717) is 23.6 Å². The first-order valence-corrected chi connectivity index (χ1v) is 8.39. The van der Waals surface area contributed by atoms with E-state index >= 15 is 0 Å². The average molecular weight is 340 g/mol. The highest BCUT2D eigenvalue weighted by atomic mass is 16.7. The van der Waals surface area contributed by atoms with E-state index in [-0.39, 0.29) is 12.7 Å². The third kappa shape index (κ3) is 3.53. The first-order chi connectivity index (χ1) is 12.3. The molecule has 2 aromatic carbocycles. The van der Waals surface area contributed by atoms with Gasteiger partial charge in [0.1, 0.15) is 0 Å². The van der Waals surface area contributed by atoms with Crippen LogP contribution in [-0.4, -0.2) is 39.0 Å². The van der Waals surface area contributed by atoms with Crippen LogP contribution in [0.1, 0.15) is 15.9 Å². The van der Waals surface area contributed by atoms with E-state index in [1.165, 1.54) is 5.69 Å². The van der Waals surface area contributed by atoms with Crippen LogP contribution in [0.3, 0.4) is 0 Å². The molecule has 0 atom stereocenters. The molecule has 0 aromatic heterocycles. The van der Waals surface area contributed by atoms with Gasteiger partial charge in [-0.1, -0.05) is 12.1 Å². The molecule has 2 aromatic rings. The predicted molar refractivity (Wildman–Crippen MR) is 93.2 cm³/mol. The number of morpholine rings is 1. The van der Waals surface area contributed by atoms with Crippen molar-refractivity contribution in [3.63, 3.8) is 0 Å². The maximum absolute atomic E-state index is 12.3. The molecule has 4 rings (SSSR count). The molecule has 2 aliphatic rings. The van der Waals surface area contributed by atoms with E-state index in [4.69, 9.17) is 14.2 Å².